The Bertz CT molecular complexity index is 410. The zero-order chi connectivity index (χ0) is 25.6. The number of aliphatic hydroxyl groups is 3. The normalized spacial score (nSPS) is 13.9. The predicted molar refractivity (Wildman–Crippen MR) is 79.3 cm³/mol. The Morgan fingerprint density at radius 1 is 0.677 bits per heavy atom. The van der Waals surface area contributed by atoms with Gasteiger partial charge < -0.3 is 19.7 Å². The van der Waals surface area contributed by atoms with Gasteiger partial charge >= 0.3 is 17.8 Å². The Kier molecular flexibility index (Phi) is 24.3. The van der Waals surface area contributed by atoms with Crippen molar-refractivity contribution in [3.63, 3.8) is 0 Å². The molecule has 3 nitrogen and oxygen atoms in total. The quantitative estimate of drug-likeness (QED) is 0.307. The molecule has 0 heterocycles. The van der Waals surface area contributed by atoms with Gasteiger partial charge in [-0.25, -0.2) is 26.3 Å². The summed E-state index contributed by atoms with van der Waals surface area (Å²) in [5.41, 5.74) is 0. The molecule has 0 spiro atoms. The van der Waals surface area contributed by atoms with Crippen molar-refractivity contribution in [3.8, 4) is 0 Å². The van der Waals surface area contributed by atoms with Gasteiger partial charge in [0.15, 0.2) is 6.17 Å². The van der Waals surface area contributed by atoms with E-state index in [1.807, 2.05) is 0 Å². The molecule has 0 aromatic carbocycles. The van der Waals surface area contributed by atoms with Gasteiger partial charge in [0.05, 0.1) is 0 Å². The minimum atomic E-state index is -7.37. The van der Waals surface area contributed by atoms with Crippen LogP contribution in [0.25, 0.3) is 0 Å². The maximum atomic E-state index is 12.7. The van der Waals surface area contributed by atoms with Gasteiger partial charge in [-0.1, -0.05) is 6.67 Å². The minimum Gasteiger partial charge on any atom is -0.453 e. The van der Waals surface area contributed by atoms with Crippen molar-refractivity contribution in [2.45, 2.75) is 63.2 Å². The molecule has 0 aliphatic rings. The number of halogens is 13. The standard InChI is InChI=1S/C8H4F13.3C2H6O.Zr/c9-1-5(14,15)7(18,19)8(20,21)6(16,17)3(11)2(10)4(12)13;3*1-2-3;/h1-4H;3*3H,2H2,1H3;/q-1;;;;. The largest absolute Gasteiger partial charge is 0.453 e. The fourth-order valence-corrected chi connectivity index (χ4v) is 0.988. The van der Waals surface area contributed by atoms with Crippen molar-refractivity contribution in [1.82, 2.24) is 0 Å². The molecule has 2 unspecified atom stereocenters. The Hall–Kier alpha value is -0.147. The van der Waals surface area contributed by atoms with Gasteiger partial charge in [0.25, 0.3) is 6.43 Å². The Morgan fingerprint density at radius 3 is 1.13 bits per heavy atom. The van der Waals surface area contributed by atoms with Gasteiger partial charge in [0.2, 0.25) is 12.1 Å². The average Bonchev–Trinajstić information content (AvgIpc) is 2.61. The molecule has 0 fully saturated rings. The minimum absolute atomic E-state index is 0. The number of hydrogen-bond acceptors (Lipinski definition) is 3. The second kappa shape index (κ2) is 18.3. The van der Waals surface area contributed by atoms with Crippen LogP contribution in [0.15, 0.2) is 0 Å². The third kappa shape index (κ3) is 12.0. The van der Waals surface area contributed by atoms with Gasteiger partial charge in [0, 0.05) is 46.0 Å². The molecular weight excluding hydrogens is 554 g/mol. The molecule has 3 N–H and O–H groups in total. The van der Waals surface area contributed by atoms with Crippen LogP contribution < -0.4 is 0 Å². The number of rotatable bonds is 7. The molecule has 17 heteroatoms. The first-order valence-corrected chi connectivity index (χ1v) is 7.67. The van der Waals surface area contributed by atoms with Crippen molar-refractivity contribution in [1.29, 1.82) is 0 Å². The van der Waals surface area contributed by atoms with Gasteiger partial charge in [-0.05, 0) is 20.8 Å². The van der Waals surface area contributed by atoms with E-state index in [1.165, 1.54) is 0 Å². The van der Waals surface area contributed by atoms with Crippen LogP contribution >= 0.6 is 0 Å². The predicted octanol–water partition coefficient (Wildman–Crippen LogP) is 4.59. The molecule has 0 rings (SSSR count). The van der Waals surface area contributed by atoms with Crippen molar-refractivity contribution in [2.75, 3.05) is 19.8 Å². The van der Waals surface area contributed by atoms with Gasteiger partial charge in [0.1, 0.15) is 0 Å². The van der Waals surface area contributed by atoms with E-state index in [9.17, 15) is 57.1 Å². The first kappa shape index (κ1) is 41.1. The van der Waals surface area contributed by atoms with Gasteiger partial charge in [-0.2, -0.15) is 26.3 Å². The van der Waals surface area contributed by atoms with E-state index in [1.54, 1.807) is 20.8 Å². The number of alkyl halides is 12. The van der Waals surface area contributed by atoms with Crippen LogP contribution in [0.1, 0.15) is 20.8 Å². The maximum Gasteiger partial charge on any atom is 0.378 e. The summed E-state index contributed by atoms with van der Waals surface area (Å²) in [6, 6.07) is 0. The first-order valence-electron chi connectivity index (χ1n) is 7.67. The second-order valence-electron chi connectivity index (χ2n) is 4.63. The Balaban J connectivity index is -0.000000192. The molecule has 192 valence electrons. The van der Waals surface area contributed by atoms with E-state index >= 15 is 0 Å². The molecule has 0 aromatic heterocycles. The summed E-state index contributed by atoms with van der Waals surface area (Å²) >= 11 is 0. The van der Waals surface area contributed by atoms with E-state index in [4.69, 9.17) is 15.3 Å². The number of hydrogen-bond donors (Lipinski definition) is 3. The SMILES string of the molecule is CCO.CCO.CCO.F[CH-]C(F)(F)C(F)(F)C(F)(F)C(F)(F)C(F)C(F)C(F)F.[Zr]. The van der Waals surface area contributed by atoms with E-state index in [-0.39, 0.29) is 46.0 Å². The fourth-order valence-electron chi connectivity index (χ4n) is 0.988. The molecule has 0 aliphatic heterocycles. The molecule has 0 bridgehead atoms. The summed E-state index contributed by atoms with van der Waals surface area (Å²) in [6.45, 7) is 3.42. The monoisotopic (exact) mass is 575 g/mol. The molecule has 2 atom stereocenters. The molecule has 0 saturated carbocycles. The van der Waals surface area contributed by atoms with Crippen LogP contribution in [0.2, 0.25) is 0 Å². The van der Waals surface area contributed by atoms with Crippen LogP contribution in [0.3, 0.4) is 0 Å². The van der Waals surface area contributed by atoms with Crippen LogP contribution in [0.4, 0.5) is 57.1 Å². The van der Waals surface area contributed by atoms with Gasteiger partial charge in [-0.15, -0.1) is 0 Å². The fraction of sp³-hybridized carbons (Fsp3) is 0.929. The maximum absolute atomic E-state index is 12.7. The Labute approximate surface area is 188 Å². The second-order valence-corrected chi connectivity index (χ2v) is 4.63. The average molecular weight is 577 g/mol. The first-order chi connectivity index (χ1) is 13.3. The molecular formula is C14H22F13O3Zr-. The third-order valence-electron chi connectivity index (χ3n) is 2.24. The smallest absolute Gasteiger partial charge is 0.378 e. The molecule has 0 amide bonds. The summed E-state index contributed by atoms with van der Waals surface area (Å²) in [7, 11) is 0. The summed E-state index contributed by atoms with van der Waals surface area (Å²) in [4.78, 5) is 0. The number of aliphatic hydroxyl groups excluding tert-OH is 3. The van der Waals surface area contributed by atoms with E-state index < -0.39 is 49.1 Å². The van der Waals surface area contributed by atoms with E-state index in [0.29, 0.717) is 0 Å². The van der Waals surface area contributed by atoms with Crippen molar-refractivity contribution >= 4 is 0 Å². The van der Waals surface area contributed by atoms with Crippen LogP contribution in [0.5, 0.6) is 0 Å². The Morgan fingerprint density at radius 2 is 0.935 bits per heavy atom. The van der Waals surface area contributed by atoms with Crippen molar-refractivity contribution in [3.05, 3.63) is 6.67 Å². The molecule has 0 aliphatic carbocycles. The van der Waals surface area contributed by atoms with Crippen molar-refractivity contribution in [2.24, 2.45) is 0 Å². The molecule has 0 saturated heterocycles. The summed E-state index contributed by atoms with van der Waals surface area (Å²) in [5.74, 6) is -28.1. The third-order valence-corrected chi connectivity index (χ3v) is 2.24. The van der Waals surface area contributed by atoms with E-state index in [0.717, 1.165) is 0 Å². The van der Waals surface area contributed by atoms with Crippen LogP contribution in [-0.4, -0.2) is 77.6 Å². The topological polar surface area (TPSA) is 60.7 Å². The van der Waals surface area contributed by atoms with E-state index in [2.05, 4.69) is 0 Å². The molecule has 0 aromatic rings. The van der Waals surface area contributed by atoms with Crippen LogP contribution in [-0.2, 0) is 26.2 Å². The molecule has 31 heavy (non-hydrogen) atoms. The molecule has 0 radical (unpaired) electrons. The summed E-state index contributed by atoms with van der Waals surface area (Å²) in [6.07, 6.45) is -14.5. The summed E-state index contributed by atoms with van der Waals surface area (Å²) < 4.78 is 160. The van der Waals surface area contributed by atoms with Gasteiger partial charge in [-0.3, -0.25) is 0 Å². The van der Waals surface area contributed by atoms with Crippen LogP contribution in [0, 0.1) is 6.67 Å². The zero-order valence-electron chi connectivity index (χ0n) is 16.2. The zero-order valence-corrected chi connectivity index (χ0v) is 18.6. The van der Waals surface area contributed by atoms with Crippen molar-refractivity contribution < 1.29 is 98.6 Å². The summed E-state index contributed by atoms with van der Waals surface area (Å²) in [5, 5.41) is 22.7.